The Labute approximate surface area is 184 Å². The molecule has 0 unspecified atom stereocenters. The number of nitrogens with zero attached hydrogens (tertiary/aromatic N) is 3. The molecule has 0 bridgehead atoms. The van der Waals surface area contributed by atoms with Crippen molar-refractivity contribution in [3.63, 3.8) is 0 Å². The van der Waals surface area contributed by atoms with Crippen LogP contribution in [0.4, 0.5) is 5.69 Å². The van der Waals surface area contributed by atoms with E-state index in [9.17, 15) is 23.3 Å². The maximum Gasteiger partial charge on any atom is 0.312 e. The second-order valence-corrected chi connectivity index (χ2v) is 8.94. The van der Waals surface area contributed by atoms with Gasteiger partial charge in [0.2, 0.25) is 10.0 Å². The average Bonchev–Trinajstić information content (AvgIpc) is 2.77. The molecule has 1 saturated heterocycles. The molecule has 10 nitrogen and oxygen atoms in total. The first-order valence-corrected chi connectivity index (χ1v) is 11.0. The van der Waals surface area contributed by atoms with Gasteiger partial charge in [-0.15, -0.1) is 0 Å². The molecule has 166 valence electrons. The summed E-state index contributed by atoms with van der Waals surface area (Å²) in [5.41, 5.74) is -0.436. The number of para-hydroxylation sites is 1. The van der Waals surface area contributed by atoms with Crippen molar-refractivity contribution in [2.24, 2.45) is 0 Å². The molecule has 31 heavy (non-hydrogen) atoms. The fraction of sp³-hybridized carbons (Fsp3) is 0.316. The molecule has 1 aliphatic rings. The van der Waals surface area contributed by atoms with Gasteiger partial charge in [0, 0.05) is 32.2 Å². The lowest BCUT2D eigenvalue weighted by atomic mass is 10.3. The summed E-state index contributed by atoms with van der Waals surface area (Å²) in [4.78, 5) is 24.2. The number of nitro groups is 1. The van der Waals surface area contributed by atoms with Crippen LogP contribution in [0.15, 0.2) is 47.4 Å². The van der Waals surface area contributed by atoms with Gasteiger partial charge in [-0.3, -0.25) is 14.9 Å². The number of rotatable bonds is 7. The number of benzene rings is 2. The van der Waals surface area contributed by atoms with E-state index in [4.69, 9.17) is 21.1 Å². The van der Waals surface area contributed by atoms with Gasteiger partial charge in [-0.05, 0) is 24.3 Å². The number of nitro benzene ring substituents is 1. The fourth-order valence-electron chi connectivity index (χ4n) is 3.09. The lowest BCUT2D eigenvalue weighted by Gasteiger charge is -2.34. The number of hydrogen-bond donors (Lipinski definition) is 0. The van der Waals surface area contributed by atoms with E-state index in [-0.39, 0.29) is 49.3 Å². The van der Waals surface area contributed by atoms with Crippen molar-refractivity contribution in [2.75, 3.05) is 39.9 Å². The van der Waals surface area contributed by atoms with Gasteiger partial charge in [0.05, 0.1) is 22.0 Å². The monoisotopic (exact) mass is 469 g/mol. The Hall–Kier alpha value is -2.89. The highest BCUT2D eigenvalue weighted by atomic mass is 35.5. The molecule has 0 spiro atoms. The molecule has 1 fully saturated rings. The number of ether oxygens (including phenoxy) is 2. The van der Waals surface area contributed by atoms with Crippen molar-refractivity contribution in [3.05, 3.63) is 57.6 Å². The van der Waals surface area contributed by atoms with E-state index in [1.165, 1.54) is 28.4 Å². The molecule has 0 saturated carbocycles. The number of hydrogen-bond acceptors (Lipinski definition) is 7. The van der Waals surface area contributed by atoms with Crippen LogP contribution in [0.25, 0.3) is 0 Å². The molecule has 0 aromatic heterocycles. The predicted octanol–water partition coefficient (Wildman–Crippen LogP) is 2.17. The SMILES string of the molecule is COc1ccc(S(=O)(=O)N2CCN(C(=O)COc3ccccc3Cl)CC2)cc1[N+](=O)[O-]. The van der Waals surface area contributed by atoms with Gasteiger partial charge < -0.3 is 14.4 Å². The maximum absolute atomic E-state index is 12.9. The quantitative estimate of drug-likeness (QED) is 0.450. The van der Waals surface area contributed by atoms with E-state index in [0.29, 0.717) is 10.8 Å². The Morgan fingerprint density at radius 1 is 1.13 bits per heavy atom. The summed E-state index contributed by atoms with van der Waals surface area (Å²) in [6.45, 7) is 0.228. The van der Waals surface area contributed by atoms with Crippen molar-refractivity contribution < 1.29 is 27.6 Å². The molecule has 1 heterocycles. The average molecular weight is 470 g/mol. The normalized spacial score (nSPS) is 14.8. The van der Waals surface area contributed by atoms with Crippen LogP contribution in [0, 0.1) is 10.1 Å². The highest BCUT2D eigenvalue weighted by molar-refractivity contribution is 7.89. The highest BCUT2D eigenvalue weighted by Gasteiger charge is 2.32. The van der Waals surface area contributed by atoms with E-state index in [1.54, 1.807) is 24.3 Å². The summed E-state index contributed by atoms with van der Waals surface area (Å²) in [6, 6.07) is 10.3. The molecule has 0 aliphatic carbocycles. The van der Waals surface area contributed by atoms with Gasteiger partial charge in [-0.1, -0.05) is 23.7 Å². The molecule has 12 heteroatoms. The number of methoxy groups -OCH3 is 1. The third-order valence-electron chi connectivity index (χ3n) is 4.76. The zero-order chi connectivity index (χ0) is 22.6. The van der Waals surface area contributed by atoms with E-state index in [0.717, 1.165) is 6.07 Å². The minimum atomic E-state index is -3.97. The summed E-state index contributed by atoms with van der Waals surface area (Å²) in [5, 5.41) is 11.6. The number of sulfonamides is 1. The summed E-state index contributed by atoms with van der Waals surface area (Å²) in [7, 11) is -2.70. The number of amides is 1. The topological polar surface area (TPSA) is 119 Å². The van der Waals surface area contributed by atoms with E-state index >= 15 is 0 Å². The van der Waals surface area contributed by atoms with Crippen LogP contribution in [0.2, 0.25) is 5.02 Å². The first-order valence-electron chi connectivity index (χ1n) is 9.21. The first kappa shape index (κ1) is 22.8. The molecular weight excluding hydrogens is 450 g/mol. The largest absolute Gasteiger partial charge is 0.490 e. The number of carbonyl (C=O) groups is 1. The van der Waals surface area contributed by atoms with Gasteiger partial charge in [0.15, 0.2) is 12.4 Å². The van der Waals surface area contributed by atoms with Crippen LogP contribution in [-0.4, -0.2) is 68.3 Å². The van der Waals surface area contributed by atoms with Crippen molar-refractivity contribution in [1.29, 1.82) is 0 Å². The summed E-state index contributed by atoms with van der Waals surface area (Å²) in [6.07, 6.45) is 0. The Kier molecular flexibility index (Phi) is 6.98. The number of piperazine rings is 1. The lowest BCUT2D eigenvalue weighted by Crippen LogP contribution is -2.51. The fourth-order valence-corrected chi connectivity index (χ4v) is 4.73. The summed E-state index contributed by atoms with van der Waals surface area (Å²) in [5.74, 6) is 0.0646. The molecule has 0 N–H and O–H groups in total. The third kappa shape index (κ3) is 5.06. The van der Waals surface area contributed by atoms with Crippen LogP contribution in [0.1, 0.15) is 0 Å². The minimum Gasteiger partial charge on any atom is -0.490 e. The standard InChI is InChI=1S/C19H20ClN3O7S/c1-29-18-7-6-14(12-16(18)23(25)26)31(27,28)22-10-8-21(9-11-22)19(24)13-30-17-5-3-2-4-15(17)20/h2-7,12H,8-11,13H2,1H3. The Morgan fingerprint density at radius 3 is 2.42 bits per heavy atom. The van der Waals surface area contributed by atoms with Gasteiger partial charge in [0.1, 0.15) is 5.75 Å². The van der Waals surface area contributed by atoms with Crippen LogP contribution >= 0.6 is 11.6 Å². The van der Waals surface area contributed by atoms with E-state index < -0.39 is 20.6 Å². The molecule has 0 radical (unpaired) electrons. The summed E-state index contributed by atoms with van der Waals surface area (Å²) < 4.78 is 37.4. The first-order chi connectivity index (χ1) is 14.7. The van der Waals surface area contributed by atoms with Crippen molar-refractivity contribution in [1.82, 2.24) is 9.21 Å². The van der Waals surface area contributed by atoms with Crippen molar-refractivity contribution >= 4 is 33.2 Å². The number of carbonyl (C=O) groups excluding carboxylic acids is 1. The second kappa shape index (κ2) is 9.50. The van der Waals surface area contributed by atoms with Crippen LogP contribution in [0.5, 0.6) is 11.5 Å². The van der Waals surface area contributed by atoms with Crippen molar-refractivity contribution in [2.45, 2.75) is 4.90 Å². The Balaban J connectivity index is 1.63. The molecular formula is C19H20ClN3O7S. The molecule has 2 aromatic carbocycles. The third-order valence-corrected chi connectivity index (χ3v) is 6.97. The molecule has 1 amide bonds. The molecule has 0 atom stereocenters. The molecule has 3 rings (SSSR count). The smallest absolute Gasteiger partial charge is 0.312 e. The zero-order valence-electron chi connectivity index (χ0n) is 16.6. The minimum absolute atomic E-state index is 0.0297. The van der Waals surface area contributed by atoms with Crippen LogP contribution in [0.3, 0.4) is 0 Å². The lowest BCUT2D eigenvalue weighted by molar-refractivity contribution is -0.386. The van der Waals surface area contributed by atoms with Gasteiger partial charge >= 0.3 is 5.69 Å². The second-order valence-electron chi connectivity index (χ2n) is 6.59. The van der Waals surface area contributed by atoms with Crippen LogP contribution < -0.4 is 9.47 Å². The number of halogens is 1. The maximum atomic E-state index is 12.9. The van der Waals surface area contributed by atoms with Crippen molar-refractivity contribution in [3.8, 4) is 11.5 Å². The predicted molar refractivity (Wildman–Crippen MR) is 112 cm³/mol. The van der Waals surface area contributed by atoms with Gasteiger partial charge in [-0.25, -0.2) is 8.42 Å². The van der Waals surface area contributed by atoms with Crippen LogP contribution in [-0.2, 0) is 14.8 Å². The van der Waals surface area contributed by atoms with E-state index in [1.807, 2.05) is 0 Å². The highest BCUT2D eigenvalue weighted by Crippen LogP contribution is 2.31. The van der Waals surface area contributed by atoms with Gasteiger partial charge in [-0.2, -0.15) is 4.31 Å². The Morgan fingerprint density at radius 2 is 1.81 bits per heavy atom. The Bertz CT molecular complexity index is 1090. The zero-order valence-corrected chi connectivity index (χ0v) is 18.1. The molecule has 2 aromatic rings. The van der Waals surface area contributed by atoms with Gasteiger partial charge in [0.25, 0.3) is 5.91 Å². The van der Waals surface area contributed by atoms with E-state index in [2.05, 4.69) is 0 Å². The summed E-state index contributed by atoms with van der Waals surface area (Å²) >= 11 is 6.00. The molecule has 1 aliphatic heterocycles.